The Hall–Kier alpha value is -0.600. The van der Waals surface area contributed by atoms with Crippen LogP contribution in [0.4, 0.5) is 0 Å². The molecule has 1 fully saturated rings. The monoisotopic (exact) mass is 310 g/mol. The normalized spacial score (nSPS) is 17.5. The molecule has 0 unspecified atom stereocenters. The summed E-state index contributed by atoms with van der Waals surface area (Å²) < 4.78 is 11.2. The van der Waals surface area contributed by atoms with Gasteiger partial charge in [0, 0.05) is 44.7 Å². The van der Waals surface area contributed by atoms with Gasteiger partial charge in [-0.1, -0.05) is 11.8 Å². The van der Waals surface area contributed by atoms with E-state index in [0.29, 0.717) is 12.7 Å². The van der Waals surface area contributed by atoms with Gasteiger partial charge in [0.1, 0.15) is 6.61 Å². The third-order valence-corrected chi connectivity index (χ3v) is 3.51. The molecule has 1 aliphatic rings. The van der Waals surface area contributed by atoms with E-state index < -0.39 is 0 Å². The first kappa shape index (κ1) is 19.4. The topological polar surface area (TPSA) is 24.9 Å². The highest BCUT2D eigenvalue weighted by atomic mass is 16.5. The summed E-state index contributed by atoms with van der Waals surface area (Å²) in [5.41, 5.74) is 0.0684. The molecular formula is C18H34N2O2. The molecular weight excluding hydrogens is 276 g/mol. The van der Waals surface area contributed by atoms with Crippen molar-refractivity contribution in [2.24, 2.45) is 5.41 Å². The number of hydrogen-bond acceptors (Lipinski definition) is 4. The van der Waals surface area contributed by atoms with Gasteiger partial charge in [0.2, 0.25) is 0 Å². The fourth-order valence-corrected chi connectivity index (χ4v) is 2.27. The first-order valence-corrected chi connectivity index (χ1v) is 8.51. The maximum atomic E-state index is 5.61. The van der Waals surface area contributed by atoms with E-state index in [1.807, 2.05) is 0 Å². The van der Waals surface area contributed by atoms with Crippen LogP contribution in [0.15, 0.2) is 0 Å². The molecule has 0 N–H and O–H groups in total. The van der Waals surface area contributed by atoms with Gasteiger partial charge in [-0.3, -0.25) is 9.80 Å². The number of nitrogens with zero attached hydrogens (tertiary/aromatic N) is 2. The summed E-state index contributed by atoms with van der Waals surface area (Å²) in [5, 5.41) is 0. The second-order valence-electron chi connectivity index (χ2n) is 7.21. The van der Waals surface area contributed by atoms with Crippen molar-refractivity contribution in [2.75, 3.05) is 59.1 Å². The number of ether oxygens (including phenoxy) is 2. The Morgan fingerprint density at radius 3 is 2.00 bits per heavy atom. The SMILES string of the molecule is CC(C)OCCN1CCN(CCOCC#CC(C)(C)C)CC1. The summed E-state index contributed by atoms with van der Waals surface area (Å²) in [7, 11) is 0. The van der Waals surface area contributed by atoms with Crippen LogP contribution in [-0.2, 0) is 9.47 Å². The molecule has 0 amide bonds. The average molecular weight is 310 g/mol. The fourth-order valence-electron chi connectivity index (χ4n) is 2.27. The molecule has 0 aromatic carbocycles. The van der Waals surface area contributed by atoms with Gasteiger partial charge < -0.3 is 9.47 Å². The smallest absolute Gasteiger partial charge is 0.107 e. The zero-order valence-corrected chi connectivity index (χ0v) is 15.2. The highest BCUT2D eigenvalue weighted by Crippen LogP contribution is 2.09. The van der Waals surface area contributed by atoms with E-state index >= 15 is 0 Å². The predicted octanol–water partition coefficient (Wildman–Crippen LogP) is 2.10. The maximum absolute atomic E-state index is 5.61. The van der Waals surface area contributed by atoms with Crippen molar-refractivity contribution in [3.05, 3.63) is 0 Å². The van der Waals surface area contributed by atoms with Gasteiger partial charge in [-0.2, -0.15) is 0 Å². The van der Waals surface area contributed by atoms with Gasteiger partial charge in [0.05, 0.1) is 19.3 Å². The molecule has 4 heteroatoms. The summed E-state index contributed by atoms with van der Waals surface area (Å²) in [6.45, 7) is 19.2. The minimum Gasteiger partial charge on any atom is -0.377 e. The summed E-state index contributed by atoms with van der Waals surface area (Å²) in [6, 6.07) is 0. The van der Waals surface area contributed by atoms with E-state index in [1.165, 1.54) is 0 Å². The minimum absolute atomic E-state index is 0.0684. The van der Waals surface area contributed by atoms with Gasteiger partial charge in [0.15, 0.2) is 0 Å². The standard InChI is InChI=1S/C18H34N2O2/c1-17(2)22-16-13-20-10-8-19(9-11-20)12-15-21-14-6-7-18(3,4)5/h17H,8-16H2,1-5H3. The van der Waals surface area contributed by atoms with Crippen LogP contribution in [0.25, 0.3) is 0 Å². The van der Waals surface area contributed by atoms with Crippen molar-refractivity contribution >= 4 is 0 Å². The molecule has 128 valence electrons. The van der Waals surface area contributed by atoms with Crippen LogP contribution in [0.3, 0.4) is 0 Å². The van der Waals surface area contributed by atoms with Crippen molar-refractivity contribution in [2.45, 2.75) is 40.7 Å². The Morgan fingerprint density at radius 2 is 1.50 bits per heavy atom. The molecule has 1 heterocycles. The molecule has 0 aromatic rings. The van der Waals surface area contributed by atoms with E-state index in [1.54, 1.807) is 0 Å². The fraction of sp³-hybridized carbons (Fsp3) is 0.889. The Balaban J connectivity index is 2.02. The maximum Gasteiger partial charge on any atom is 0.107 e. The van der Waals surface area contributed by atoms with Gasteiger partial charge in [0.25, 0.3) is 0 Å². The quantitative estimate of drug-likeness (QED) is 0.506. The highest BCUT2D eigenvalue weighted by molar-refractivity contribution is 5.07. The van der Waals surface area contributed by atoms with Gasteiger partial charge in [-0.25, -0.2) is 0 Å². The van der Waals surface area contributed by atoms with Crippen molar-refractivity contribution in [1.82, 2.24) is 9.80 Å². The van der Waals surface area contributed by atoms with Gasteiger partial charge in [-0.05, 0) is 34.6 Å². The van der Waals surface area contributed by atoms with Crippen LogP contribution in [0, 0.1) is 17.3 Å². The second kappa shape index (κ2) is 10.2. The molecule has 1 aliphatic heterocycles. The summed E-state index contributed by atoms with van der Waals surface area (Å²) in [5.74, 6) is 6.28. The average Bonchev–Trinajstić information content (AvgIpc) is 2.43. The van der Waals surface area contributed by atoms with Crippen LogP contribution >= 0.6 is 0 Å². The zero-order valence-electron chi connectivity index (χ0n) is 15.2. The summed E-state index contributed by atoms with van der Waals surface area (Å²) in [4.78, 5) is 4.95. The molecule has 0 atom stereocenters. The van der Waals surface area contributed by atoms with Crippen molar-refractivity contribution < 1.29 is 9.47 Å². The highest BCUT2D eigenvalue weighted by Gasteiger charge is 2.16. The molecule has 1 rings (SSSR count). The van der Waals surface area contributed by atoms with E-state index in [2.05, 4.69) is 56.3 Å². The third kappa shape index (κ3) is 10.2. The van der Waals surface area contributed by atoms with E-state index in [9.17, 15) is 0 Å². The number of rotatable bonds is 8. The molecule has 0 saturated carbocycles. The first-order chi connectivity index (χ1) is 10.4. The lowest BCUT2D eigenvalue weighted by molar-refractivity contribution is 0.0395. The molecule has 0 aliphatic carbocycles. The van der Waals surface area contributed by atoms with E-state index in [4.69, 9.17) is 9.47 Å². The zero-order chi connectivity index (χ0) is 16.4. The second-order valence-corrected chi connectivity index (χ2v) is 7.21. The van der Waals surface area contributed by atoms with Crippen molar-refractivity contribution in [3.8, 4) is 11.8 Å². The Kier molecular flexibility index (Phi) is 9.04. The predicted molar refractivity (Wildman–Crippen MR) is 92.0 cm³/mol. The van der Waals surface area contributed by atoms with E-state index in [-0.39, 0.29) is 5.41 Å². The lowest BCUT2D eigenvalue weighted by atomic mass is 9.98. The van der Waals surface area contributed by atoms with Crippen LogP contribution < -0.4 is 0 Å². The van der Waals surface area contributed by atoms with Gasteiger partial charge >= 0.3 is 0 Å². The van der Waals surface area contributed by atoms with Crippen LogP contribution in [0.2, 0.25) is 0 Å². The third-order valence-electron chi connectivity index (χ3n) is 3.51. The molecule has 0 aromatic heterocycles. The van der Waals surface area contributed by atoms with Gasteiger partial charge in [-0.15, -0.1) is 0 Å². The lowest BCUT2D eigenvalue weighted by Gasteiger charge is -2.34. The Labute approximate surface area is 137 Å². The summed E-state index contributed by atoms with van der Waals surface area (Å²) >= 11 is 0. The molecule has 0 bridgehead atoms. The lowest BCUT2D eigenvalue weighted by Crippen LogP contribution is -2.48. The first-order valence-electron chi connectivity index (χ1n) is 8.51. The molecule has 22 heavy (non-hydrogen) atoms. The van der Waals surface area contributed by atoms with Crippen LogP contribution in [-0.4, -0.2) is 75.0 Å². The Bertz CT molecular complexity index is 344. The van der Waals surface area contributed by atoms with Crippen LogP contribution in [0.5, 0.6) is 0 Å². The van der Waals surface area contributed by atoms with Crippen LogP contribution in [0.1, 0.15) is 34.6 Å². The van der Waals surface area contributed by atoms with E-state index in [0.717, 1.165) is 52.5 Å². The van der Waals surface area contributed by atoms with Crippen molar-refractivity contribution in [3.63, 3.8) is 0 Å². The largest absolute Gasteiger partial charge is 0.377 e. The summed E-state index contributed by atoms with van der Waals surface area (Å²) in [6.07, 6.45) is 0.333. The number of piperazine rings is 1. The Morgan fingerprint density at radius 1 is 0.955 bits per heavy atom. The molecule has 1 saturated heterocycles. The van der Waals surface area contributed by atoms with Crippen molar-refractivity contribution in [1.29, 1.82) is 0 Å². The minimum atomic E-state index is 0.0684. The molecule has 4 nitrogen and oxygen atoms in total. The molecule has 0 radical (unpaired) electrons. The number of hydrogen-bond donors (Lipinski definition) is 0. The molecule has 0 spiro atoms.